The van der Waals surface area contributed by atoms with Gasteiger partial charge in [-0.25, -0.2) is 4.79 Å². The van der Waals surface area contributed by atoms with E-state index < -0.39 is 29.9 Å². The van der Waals surface area contributed by atoms with Crippen molar-refractivity contribution in [3.8, 4) is 11.5 Å². The number of urea groups is 1. The third kappa shape index (κ3) is 3.98. The molecular weight excluding hydrogens is 469 g/mol. The van der Waals surface area contributed by atoms with Crippen LogP contribution in [0.5, 0.6) is 11.5 Å². The van der Waals surface area contributed by atoms with Crippen molar-refractivity contribution in [2.75, 3.05) is 25.1 Å². The molecule has 0 radical (unpaired) electrons. The number of fused-ring (bicyclic) bond motifs is 1. The third-order valence-electron chi connectivity index (χ3n) is 4.98. The Morgan fingerprint density at radius 2 is 1.74 bits per heavy atom. The van der Waals surface area contributed by atoms with Gasteiger partial charge in [-0.1, -0.05) is 40.9 Å². The minimum Gasteiger partial charge on any atom is -0.486 e. The summed E-state index contributed by atoms with van der Waals surface area (Å²) in [4.78, 5) is 38.9. The molecule has 2 aliphatic rings. The summed E-state index contributed by atoms with van der Waals surface area (Å²) in [7, 11) is 0. The van der Waals surface area contributed by atoms with Gasteiger partial charge in [-0.2, -0.15) is 0 Å². The molecule has 1 saturated heterocycles. The Kier molecular flexibility index (Phi) is 5.63. The number of anilines is 1. The summed E-state index contributed by atoms with van der Waals surface area (Å²) in [5.41, 5.74) is -0.673. The molecule has 162 valence electrons. The van der Waals surface area contributed by atoms with Crippen LogP contribution >= 0.6 is 34.8 Å². The first-order chi connectivity index (χ1) is 14.7. The average molecular weight is 485 g/mol. The van der Waals surface area contributed by atoms with Crippen LogP contribution in [0.4, 0.5) is 10.5 Å². The number of benzene rings is 2. The fraction of sp³-hybridized carbons (Fsp3) is 0.250. The number of carbonyl (C=O) groups is 3. The Morgan fingerprint density at radius 3 is 2.42 bits per heavy atom. The van der Waals surface area contributed by atoms with Crippen molar-refractivity contribution in [2.24, 2.45) is 0 Å². The molecule has 2 aromatic carbocycles. The average Bonchev–Trinajstić information content (AvgIpc) is 2.94. The van der Waals surface area contributed by atoms with Gasteiger partial charge in [-0.05, 0) is 24.6 Å². The maximum atomic E-state index is 13.0. The van der Waals surface area contributed by atoms with Gasteiger partial charge in [-0.3, -0.25) is 14.5 Å². The summed E-state index contributed by atoms with van der Waals surface area (Å²) in [6.45, 7) is 1.80. The van der Waals surface area contributed by atoms with E-state index in [2.05, 4.69) is 10.6 Å². The molecule has 31 heavy (non-hydrogen) atoms. The summed E-state index contributed by atoms with van der Waals surface area (Å²) >= 11 is 18.2. The van der Waals surface area contributed by atoms with E-state index in [9.17, 15) is 14.4 Å². The molecule has 4 amide bonds. The smallest absolute Gasteiger partial charge is 0.325 e. The van der Waals surface area contributed by atoms with Gasteiger partial charge in [-0.15, -0.1) is 0 Å². The maximum Gasteiger partial charge on any atom is 0.325 e. The summed E-state index contributed by atoms with van der Waals surface area (Å²) in [5, 5.41) is 5.99. The zero-order chi connectivity index (χ0) is 22.3. The molecule has 0 saturated carbocycles. The van der Waals surface area contributed by atoms with Crippen molar-refractivity contribution in [1.82, 2.24) is 10.2 Å². The zero-order valence-electron chi connectivity index (χ0n) is 16.1. The lowest BCUT2D eigenvalue weighted by Gasteiger charge is -2.23. The van der Waals surface area contributed by atoms with E-state index in [4.69, 9.17) is 44.3 Å². The highest BCUT2D eigenvalue weighted by Gasteiger charge is 2.49. The lowest BCUT2D eigenvalue weighted by Crippen LogP contribution is -2.42. The van der Waals surface area contributed by atoms with Crippen LogP contribution < -0.4 is 20.1 Å². The number of halogens is 3. The number of hydrogen-bond acceptors (Lipinski definition) is 5. The summed E-state index contributed by atoms with van der Waals surface area (Å²) in [6.07, 6.45) is 0. The molecule has 0 spiro atoms. The number of rotatable bonds is 4. The first-order valence-corrected chi connectivity index (χ1v) is 10.3. The minimum absolute atomic E-state index is 0.232. The molecule has 1 atom stereocenters. The SMILES string of the molecule is CC1(c2ccc(Cl)c(Cl)c2)NC(=O)N(CC(=O)Nc2cc3c(cc2Cl)OCCO3)C1=O. The Balaban J connectivity index is 1.50. The van der Waals surface area contributed by atoms with Crippen LogP contribution in [0.15, 0.2) is 30.3 Å². The van der Waals surface area contributed by atoms with Crippen LogP contribution in [-0.2, 0) is 15.1 Å². The molecule has 11 heteroatoms. The Labute approximate surface area is 192 Å². The van der Waals surface area contributed by atoms with Crippen LogP contribution in [0.1, 0.15) is 12.5 Å². The number of imide groups is 1. The number of amides is 4. The number of nitrogens with one attached hydrogen (secondary N) is 2. The number of ether oxygens (including phenoxy) is 2. The first-order valence-electron chi connectivity index (χ1n) is 9.17. The lowest BCUT2D eigenvalue weighted by atomic mass is 9.92. The van der Waals surface area contributed by atoms with Crippen LogP contribution in [0, 0.1) is 0 Å². The van der Waals surface area contributed by atoms with Gasteiger partial charge in [0.15, 0.2) is 11.5 Å². The lowest BCUT2D eigenvalue weighted by molar-refractivity contribution is -0.133. The second-order valence-electron chi connectivity index (χ2n) is 7.10. The van der Waals surface area contributed by atoms with Gasteiger partial charge in [0, 0.05) is 12.1 Å². The van der Waals surface area contributed by atoms with Gasteiger partial charge in [0.1, 0.15) is 25.3 Å². The van der Waals surface area contributed by atoms with Crippen LogP contribution in [0.3, 0.4) is 0 Å². The molecule has 1 unspecified atom stereocenters. The fourth-order valence-electron chi connectivity index (χ4n) is 3.34. The second kappa shape index (κ2) is 8.11. The third-order valence-corrected chi connectivity index (χ3v) is 6.03. The second-order valence-corrected chi connectivity index (χ2v) is 8.32. The van der Waals surface area contributed by atoms with Crippen LogP contribution in [0.25, 0.3) is 0 Å². The monoisotopic (exact) mass is 483 g/mol. The summed E-state index contributed by atoms with van der Waals surface area (Å²) in [5.74, 6) is -0.298. The molecule has 4 rings (SSSR count). The van der Waals surface area contributed by atoms with Gasteiger partial charge in [0.2, 0.25) is 5.91 Å². The van der Waals surface area contributed by atoms with E-state index in [1.54, 1.807) is 6.07 Å². The van der Waals surface area contributed by atoms with E-state index in [1.807, 2.05) is 0 Å². The normalized spacial score (nSPS) is 19.9. The van der Waals surface area contributed by atoms with Crippen LogP contribution in [-0.4, -0.2) is 42.5 Å². The molecule has 0 aromatic heterocycles. The highest BCUT2D eigenvalue weighted by molar-refractivity contribution is 6.42. The first kappa shape index (κ1) is 21.5. The van der Waals surface area contributed by atoms with Gasteiger partial charge in [0.05, 0.1) is 20.8 Å². The quantitative estimate of drug-likeness (QED) is 0.643. The van der Waals surface area contributed by atoms with E-state index in [-0.39, 0.29) is 15.7 Å². The van der Waals surface area contributed by atoms with Crippen LogP contribution in [0.2, 0.25) is 15.1 Å². The fourth-order valence-corrected chi connectivity index (χ4v) is 3.84. The number of hydrogen-bond donors (Lipinski definition) is 2. The molecular formula is C20H16Cl3N3O5. The number of carbonyl (C=O) groups excluding carboxylic acids is 3. The predicted octanol–water partition coefficient (Wildman–Crippen LogP) is 3.82. The van der Waals surface area contributed by atoms with Crippen molar-refractivity contribution < 1.29 is 23.9 Å². The summed E-state index contributed by atoms with van der Waals surface area (Å²) < 4.78 is 10.9. The maximum absolute atomic E-state index is 13.0. The molecule has 1 fully saturated rings. The molecule has 2 aromatic rings. The topological polar surface area (TPSA) is 97.0 Å². The number of nitrogens with zero attached hydrogens (tertiary/aromatic N) is 1. The molecule has 0 bridgehead atoms. The zero-order valence-corrected chi connectivity index (χ0v) is 18.4. The predicted molar refractivity (Wildman–Crippen MR) is 115 cm³/mol. The largest absolute Gasteiger partial charge is 0.486 e. The van der Waals surface area contributed by atoms with Crippen molar-refractivity contribution >= 4 is 58.3 Å². The van der Waals surface area contributed by atoms with E-state index in [0.29, 0.717) is 35.3 Å². The standard InChI is InChI=1S/C20H16Cl3N3O5/c1-20(10-2-3-11(21)12(22)6-10)18(28)26(19(29)25-20)9-17(27)24-14-8-16-15(7-13(14)23)30-4-5-31-16/h2-3,6-8H,4-5,9H2,1H3,(H,24,27)(H,25,29). The highest BCUT2D eigenvalue weighted by atomic mass is 35.5. The molecule has 8 nitrogen and oxygen atoms in total. The molecule has 2 N–H and O–H groups in total. The molecule has 0 aliphatic carbocycles. The Morgan fingerprint density at radius 1 is 1.06 bits per heavy atom. The molecule has 2 aliphatic heterocycles. The van der Waals surface area contributed by atoms with Crippen molar-refractivity contribution in [1.29, 1.82) is 0 Å². The van der Waals surface area contributed by atoms with E-state index in [0.717, 1.165) is 4.90 Å². The van der Waals surface area contributed by atoms with Crippen molar-refractivity contribution in [3.05, 3.63) is 51.0 Å². The molecule has 2 heterocycles. The van der Waals surface area contributed by atoms with E-state index in [1.165, 1.54) is 31.2 Å². The Bertz CT molecular complexity index is 1110. The Hall–Kier alpha value is -2.68. The van der Waals surface area contributed by atoms with Gasteiger partial charge in [0.25, 0.3) is 5.91 Å². The van der Waals surface area contributed by atoms with Crippen molar-refractivity contribution in [3.63, 3.8) is 0 Å². The minimum atomic E-state index is -1.39. The van der Waals surface area contributed by atoms with Gasteiger partial charge >= 0.3 is 6.03 Å². The van der Waals surface area contributed by atoms with E-state index >= 15 is 0 Å². The van der Waals surface area contributed by atoms with Crippen molar-refractivity contribution in [2.45, 2.75) is 12.5 Å². The summed E-state index contributed by atoms with van der Waals surface area (Å²) in [6, 6.07) is 6.97. The highest BCUT2D eigenvalue weighted by Crippen LogP contribution is 2.38. The van der Waals surface area contributed by atoms with Gasteiger partial charge < -0.3 is 20.1 Å².